The van der Waals surface area contributed by atoms with Gasteiger partial charge in [0.25, 0.3) is 0 Å². The van der Waals surface area contributed by atoms with Crippen LogP contribution in [0.15, 0.2) is 0 Å². The molecule has 0 fully saturated rings. The zero-order valence-electron chi connectivity index (χ0n) is 9.58. The maximum atomic E-state index is 11.2. The molecule has 0 radical (unpaired) electrons. The zero-order chi connectivity index (χ0) is 11.7. The van der Waals surface area contributed by atoms with E-state index in [9.17, 15) is 4.79 Å². The van der Waals surface area contributed by atoms with E-state index in [2.05, 4.69) is 17.1 Å². The Labute approximate surface area is 97.2 Å². The highest BCUT2D eigenvalue weighted by molar-refractivity contribution is 7.80. The highest BCUT2D eigenvalue weighted by atomic mass is 32.1. The van der Waals surface area contributed by atoms with E-state index in [-0.39, 0.29) is 5.91 Å². The first-order valence-electron chi connectivity index (χ1n) is 5.31. The summed E-state index contributed by atoms with van der Waals surface area (Å²) in [5.41, 5.74) is 5.41. The van der Waals surface area contributed by atoms with Crippen molar-refractivity contribution in [2.75, 3.05) is 26.7 Å². The molecule has 0 heterocycles. The van der Waals surface area contributed by atoms with E-state index in [1.54, 1.807) is 7.05 Å². The van der Waals surface area contributed by atoms with Crippen LogP contribution in [0.25, 0.3) is 0 Å². The van der Waals surface area contributed by atoms with Gasteiger partial charge in [-0.05, 0) is 32.4 Å². The Morgan fingerprint density at radius 3 is 2.60 bits per heavy atom. The van der Waals surface area contributed by atoms with Crippen molar-refractivity contribution in [1.82, 2.24) is 10.2 Å². The summed E-state index contributed by atoms with van der Waals surface area (Å²) in [6.45, 7) is 4.37. The van der Waals surface area contributed by atoms with E-state index in [0.717, 1.165) is 32.4 Å². The van der Waals surface area contributed by atoms with Gasteiger partial charge in [0.05, 0.1) is 11.5 Å². The van der Waals surface area contributed by atoms with Crippen molar-refractivity contribution in [3.8, 4) is 0 Å². The second kappa shape index (κ2) is 8.61. The standard InChI is InChI=1S/C10H21N3OS/c1-3-6-13(8-10(14)12-2)7-4-5-9(11)15/h3-8H2,1-2H3,(H2,11,15)(H,12,14). The molecule has 0 atom stereocenters. The molecular weight excluding hydrogens is 210 g/mol. The highest BCUT2D eigenvalue weighted by Gasteiger charge is 2.08. The van der Waals surface area contributed by atoms with Gasteiger partial charge in [0, 0.05) is 7.05 Å². The Bertz CT molecular complexity index is 209. The van der Waals surface area contributed by atoms with Crippen molar-refractivity contribution >= 4 is 23.1 Å². The van der Waals surface area contributed by atoms with Gasteiger partial charge in [-0.15, -0.1) is 0 Å². The van der Waals surface area contributed by atoms with E-state index in [1.807, 2.05) is 0 Å². The van der Waals surface area contributed by atoms with Crippen LogP contribution in [0.1, 0.15) is 26.2 Å². The molecule has 0 aliphatic carbocycles. The fraction of sp³-hybridized carbons (Fsp3) is 0.800. The Morgan fingerprint density at radius 1 is 1.47 bits per heavy atom. The lowest BCUT2D eigenvalue weighted by Crippen LogP contribution is -2.36. The summed E-state index contributed by atoms with van der Waals surface area (Å²) in [6.07, 6.45) is 2.72. The number of carbonyl (C=O) groups is 1. The van der Waals surface area contributed by atoms with E-state index >= 15 is 0 Å². The molecular formula is C10H21N3OS. The molecule has 4 nitrogen and oxygen atoms in total. The van der Waals surface area contributed by atoms with Crippen LogP contribution in [0.4, 0.5) is 0 Å². The molecule has 0 unspecified atom stereocenters. The molecule has 0 bridgehead atoms. The molecule has 15 heavy (non-hydrogen) atoms. The second-order valence-corrected chi connectivity index (χ2v) is 4.04. The quantitative estimate of drug-likeness (QED) is 0.598. The number of amides is 1. The first-order chi connectivity index (χ1) is 7.10. The fourth-order valence-corrected chi connectivity index (χ4v) is 1.49. The van der Waals surface area contributed by atoms with Gasteiger partial charge in [0.2, 0.25) is 5.91 Å². The van der Waals surface area contributed by atoms with Crippen molar-refractivity contribution in [1.29, 1.82) is 0 Å². The molecule has 0 aromatic heterocycles. The van der Waals surface area contributed by atoms with Crippen molar-refractivity contribution in [3.05, 3.63) is 0 Å². The molecule has 3 N–H and O–H groups in total. The number of nitrogens with zero attached hydrogens (tertiary/aromatic N) is 1. The molecule has 0 saturated heterocycles. The monoisotopic (exact) mass is 231 g/mol. The van der Waals surface area contributed by atoms with Crippen LogP contribution in [0.5, 0.6) is 0 Å². The van der Waals surface area contributed by atoms with Crippen molar-refractivity contribution in [2.45, 2.75) is 26.2 Å². The molecule has 88 valence electrons. The predicted molar refractivity (Wildman–Crippen MR) is 66.8 cm³/mol. The van der Waals surface area contributed by atoms with Crippen LogP contribution in [0.3, 0.4) is 0 Å². The lowest BCUT2D eigenvalue weighted by atomic mass is 10.2. The summed E-state index contributed by atoms with van der Waals surface area (Å²) in [6, 6.07) is 0. The number of nitrogens with two attached hydrogens (primary N) is 1. The smallest absolute Gasteiger partial charge is 0.233 e. The van der Waals surface area contributed by atoms with Crippen molar-refractivity contribution in [2.24, 2.45) is 5.73 Å². The number of thiocarbonyl (C=S) groups is 1. The number of rotatable bonds is 8. The third kappa shape index (κ3) is 8.32. The Morgan fingerprint density at radius 2 is 2.13 bits per heavy atom. The topological polar surface area (TPSA) is 58.4 Å². The van der Waals surface area contributed by atoms with Crippen LogP contribution in [0, 0.1) is 0 Å². The molecule has 0 aromatic rings. The average molecular weight is 231 g/mol. The Kier molecular flexibility index (Phi) is 8.22. The van der Waals surface area contributed by atoms with Crippen LogP contribution in [-0.4, -0.2) is 42.5 Å². The SMILES string of the molecule is CCCN(CCCC(N)=S)CC(=O)NC. The summed E-state index contributed by atoms with van der Waals surface area (Å²) < 4.78 is 0. The molecule has 5 heteroatoms. The Balaban J connectivity index is 3.82. The van der Waals surface area contributed by atoms with Crippen LogP contribution < -0.4 is 11.1 Å². The molecule has 0 aliphatic heterocycles. The van der Waals surface area contributed by atoms with E-state index in [4.69, 9.17) is 18.0 Å². The van der Waals surface area contributed by atoms with Gasteiger partial charge in [-0.1, -0.05) is 19.1 Å². The summed E-state index contributed by atoms with van der Waals surface area (Å²) in [5.74, 6) is 0.0544. The number of likely N-dealkylation sites (N-methyl/N-ethyl adjacent to an activating group) is 1. The molecule has 0 saturated carbocycles. The molecule has 0 spiro atoms. The third-order valence-electron chi connectivity index (χ3n) is 2.08. The highest BCUT2D eigenvalue weighted by Crippen LogP contribution is 1.97. The van der Waals surface area contributed by atoms with Gasteiger partial charge < -0.3 is 11.1 Å². The first kappa shape index (κ1) is 14.3. The van der Waals surface area contributed by atoms with Crippen LogP contribution >= 0.6 is 12.2 Å². The second-order valence-electron chi connectivity index (χ2n) is 3.52. The van der Waals surface area contributed by atoms with Crippen molar-refractivity contribution < 1.29 is 4.79 Å². The van der Waals surface area contributed by atoms with Gasteiger partial charge in [-0.3, -0.25) is 9.69 Å². The largest absolute Gasteiger partial charge is 0.393 e. The predicted octanol–water partition coefficient (Wildman–Crippen LogP) is 0.511. The normalized spacial score (nSPS) is 10.3. The number of carbonyl (C=O) groups excluding carboxylic acids is 1. The summed E-state index contributed by atoms with van der Waals surface area (Å²) >= 11 is 4.80. The lowest BCUT2D eigenvalue weighted by Gasteiger charge is -2.20. The fourth-order valence-electron chi connectivity index (χ4n) is 1.35. The summed E-state index contributed by atoms with van der Waals surface area (Å²) in [5, 5.41) is 2.62. The van der Waals surface area contributed by atoms with Crippen molar-refractivity contribution in [3.63, 3.8) is 0 Å². The number of hydrogen-bond donors (Lipinski definition) is 2. The van der Waals surface area contributed by atoms with Gasteiger partial charge >= 0.3 is 0 Å². The van der Waals surface area contributed by atoms with Crippen LogP contribution in [0.2, 0.25) is 0 Å². The average Bonchev–Trinajstić information content (AvgIpc) is 2.17. The minimum atomic E-state index is 0.0544. The molecule has 0 aromatic carbocycles. The zero-order valence-corrected chi connectivity index (χ0v) is 10.4. The maximum Gasteiger partial charge on any atom is 0.233 e. The summed E-state index contributed by atoms with van der Waals surface area (Å²) in [4.78, 5) is 13.9. The third-order valence-corrected chi connectivity index (χ3v) is 2.29. The van der Waals surface area contributed by atoms with E-state index in [0.29, 0.717) is 11.5 Å². The van der Waals surface area contributed by atoms with E-state index < -0.39 is 0 Å². The molecule has 0 rings (SSSR count). The maximum absolute atomic E-state index is 11.2. The van der Waals surface area contributed by atoms with Gasteiger partial charge in [0.15, 0.2) is 0 Å². The number of nitrogens with one attached hydrogen (secondary N) is 1. The van der Waals surface area contributed by atoms with E-state index in [1.165, 1.54) is 0 Å². The minimum absolute atomic E-state index is 0.0544. The Hall–Kier alpha value is -0.680. The van der Waals surface area contributed by atoms with Gasteiger partial charge in [-0.2, -0.15) is 0 Å². The summed E-state index contributed by atoms with van der Waals surface area (Å²) in [7, 11) is 1.65. The van der Waals surface area contributed by atoms with Gasteiger partial charge in [-0.25, -0.2) is 0 Å². The number of hydrogen-bond acceptors (Lipinski definition) is 3. The van der Waals surface area contributed by atoms with Gasteiger partial charge in [0.1, 0.15) is 0 Å². The first-order valence-corrected chi connectivity index (χ1v) is 5.72. The minimum Gasteiger partial charge on any atom is -0.393 e. The molecule has 1 amide bonds. The molecule has 0 aliphatic rings. The van der Waals surface area contributed by atoms with Crippen LogP contribution in [-0.2, 0) is 4.79 Å². The lowest BCUT2D eigenvalue weighted by molar-refractivity contribution is -0.121.